The fourth-order valence-electron chi connectivity index (χ4n) is 3.55. The number of aryl methyl sites for hydroxylation is 1. The van der Waals surface area contributed by atoms with Gasteiger partial charge in [0.15, 0.2) is 0 Å². The Morgan fingerprint density at radius 3 is 2.67 bits per heavy atom. The third-order valence-electron chi connectivity index (χ3n) is 4.63. The first-order valence-corrected chi connectivity index (χ1v) is 7.17. The van der Waals surface area contributed by atoms with E-state index in [1.165, 1.54) is 31.2 Å². The van der Waals surface area contributed by atoms with Crippen LogP contribution in [0.5, 0.6) is 0 Å². The van der Waals surface area contributed by atoms with Crippen LogP contribution >= 0.6 is 0 Å². The van der Waals surface area contributed by atoms with Crippen LogP contribution in [0, 0.1) is 6.92 Å². The fraction of sp³-hybridized carbons (Fsp3) is 0.786. The first kappa shape index (κ1) is 12.2. The van der Waals surface area contributed by atoms with Gasteiger partial charge >= 0.3 is 0 Å². The highest BCUT2D eigenvalue weighted by molar-refractivity contribution is 4.99. The first-order valence-electron chi connectivity index (χ1n) is 7.17. The Hall–Kier alpha value is -0.870. The second-order valence-corrected chi connectivity index (χ2v) is 5.95. The molecular formula is C14H24N4. The highest BCUT2D eigenvalue weighted by atomic mass is 15.3. The van der Waals surface area contributed by atoms with Crippen LogP contribution in [0.3, 0.4) is 0 Å². The molecule has 2 aliphatic heterocycles. The summed E-state index contributed by atoms with van der Waals surface area (Å²) in [6.45, 7) is 4.11. The number of hydrogen-bond acceptors (Lipinski definition) is 3. The summed E-state index contributed by atoms with van der Waals surface area (Å²) in [6.07, 6.45) is 9.49. The SMILES string of the molecule is Cc1cnn(CCNC2CC3CCC(C2)N3C)c1. The summed E-state index contributed by atoms with van der Waals surface area (Å²) in [4.78, 5) is 2.59. The van der Waals surface area contributed by atoms with Crippen molar-refractivity contribution in [2.45, 2.75) is 57.3 Å². The molecule has 0 aromatic carbocycles. The predicted molar refractivity (Wildman–Crippen MR) is 72.6 cm³/mol. The van der Waals surface area contributed by atoms with Gasteiger partial charge in [0.2, 0.25) is 0 Å². The molecule has 0 radical (unpaired) electrons. The van der Waals surface area contributed by atoms with E-state index in [-0.39, 0.29) is 0 Å². The second kappa shape index (κ2) is 5.02. The van der Waals surface area contributed by atoms with Crippen molar-refractivity contribution in [1.82, 2.24) is 20.0 Å². The van der Waals surface area contributed by atoms with E-state index < -0.39 is 0 Å². The van der Waals surface area contributed by atoms with Crippen LogP contribution in [0.15, 0.2) is 12.4 Å². The lowest BCUT2D eigenvalue weighted by Crippen LogP contribution is -2.47. The number of fused-ring (bicyclic) bond motifs is 2. The molecule has 1 aromatic rings. The molecule has 2 unspecified atom stereocenters. The highest BCUT2D eigenvalue weighted by Crippen LogP contribution is 2.33. The minimum Gasteiger partial charge on any atom is -0.312 e. The number of hydrogen-bond donors (Lipinski definition) is 1. The topological polar surface area (TPSA) is 33.1 Å². The highest BCUT2D eigenvalue weighted by Gasteiger charge is 2.37. The van der Waals surface area contributed by atoms with Gasteiger partial charge in [-0.1, -0.05) is 0 Å². The van der Waals surface area contributed by atoms with Gasteiger partial charge in [-0.05, 0) is 45.2 Å². The van der Waals surface area contributed by atoms with Crippen molar-refractivity contribution >= 4 is 0 Å². The number of piperidine rings is 1. The van der Waals surface area contributed by atoms with Gasteiger partial charge in [0.25, 0.3) is 0 Å². The summed E-state index contributed by atoms with van der Waals surface area (Å²) in [5.74, 6) is 0. The van der Waals surface area contributed by atoms with Crippen molar-refractivity contribution in [3.63, 3.8) is 0 Å². The van der Waals surface area contributed by atoms with Crippen LogP contribution < -0.4 is 5.32 Å². The molecule has 2 aliphatic rings. The van der Waals surface area contributed by atoms with E-state index in [4.69, 9.17) is 0 Å². The van der Waals surface area contributed by atoms with E-state index in [0.717, 1.165) is 31.2 Å². The normalized spacial score (nSPS) is 32.0. The van der Waals surface area contributed by atoms with Gasteiger partial charge in [0, 0.05) is 30.9 Å². The van der Waals surface area contributed by atoms with Gasteiger partial charge in [0.1, 0.15) is 0 Å². The third kappa shape index (κ3) is 2.45. The largest absolute Gasteiger partial charge is 0.312 e. The van der Waals surface area contributed by atoms with Crippen LogP contribution in [0.1, 0.15) is 31.2 Å². The molecular weight excluding hydrogens is 224 g/mol. The van der Waals surface area contributed by atoms with Crippen molar-refractivity contribution in [2.75, 3.05) is 13.6 Å². The summed E-state index contributed by atoms with van der Waals surface area (Å²) in [6, 6.07) is 2.37. The zero-order valence-electron chi connectivity index (χ0n) is 11.5. The Bertz CT molecular complexity index is 386. The minimum absolute atomic E-state index is 0.718. The van der Waals surface area contributed by atoms with Gasteiger partial charge in [-0.2, -0.15) is 5.10 Å². The van der Waals surface area contributed by atoms with E-state index in [2.05, 4.69) is 35.5 Å². The summed E-state index contributed by atoms with van der Waals surface area (Å²) >= 11 is 0. The van der Waals surface area contributed by atoms with Crippen LogP contribution in [0.4, 0.5) is 0 Å². The lowest BCUT2D eigenvalue weighted by Gasteiger charge is -2.36. The Labute approximate surface area is 109 Å². The summed E-state index contributed by atoms with van der Waals surface area (Å²) in [7, 11) is 2.30. The Morgan fingerprint density at radius 1 is 1.33 bits per heavy atom. The minimum atomic E-state index is 0.718. The predicted octanol–water partition coefficient (Wildman–Crippen LogP) is 1.41. The molecule has 1 aromatic heterocycles. The monoisotopic (exact) mass is 248 g/mol. The van der Waals surface area contributed by atoms with Gasteiger partial charge in [-0.15, -0.1) is 0 Å². The van der Waals surface area contributed by atoms with Gasteiger partial charge < -0.3 is 10.2 Å². The molecule has 100 valence electrons. The first-order chi connectivity index (χ1) is 8.72. The number of nitrogens with zero attached hydrogens (tertiary/aromatic N) is 3. The molecule has 2 atom stereocenters. The molecule has 0 saturated carbocycles. The van der Waals surface area contributed by atoms with Crippen LogP contribution in [-0.4, -0.2) is 46.4 Å². The molecule has 3 rings (SSSR count). The number of nitrogens with one attached hydrogen (secondary N) is 1. The summed E-state index contributed by atoms with van der Waals surface area (Å²) in [5, 5.41) is 8.03. The van der Waals surface area contributed by atoms with E-state index >= 15 is 0 Å². The maximum Gasteiger partial charge on any atom is 0.0534 e. The molecule has 3 heterocycles. The molecule has 1 N–H and O–H groups in total. The molecule has 2 saturated heterocycles. The summed E-state index contributed by atoms with van der Waals surface area (Å²) < 4.78 is 2.03. The van der Waals surface area contributed by atoms with E-state index in [1.54, 1.807) is 0 Å². The molecule has 0 amide bonds. The van der Waals surface area contributed by atoms with E-state index in [1.807, 2.05) is 10.9 Å². The van der Waals surface area contributed by atoms with Gasteiger partial charge in [0.05, 0.1) is 12.7 Å². The van der Waals surface area contributed by atoms with Crippen molar-refractivity contribution in [3.8, 4) is 0 Å². The third-order valence-corrected chi connectivity index (χ3v) is 4.63. The maximum absolute atomic E-state index is 4.32. The second-order valence-electron chi connectivity index (χ2n) is 5.95. The molecule has 2 fully saturated rings. The van der Waals surface area contributed by atoms with Crippen LogP contribution in [0.25, 0.3) is 0 Å². The standard InChI is InChI=1S/C14H24N4/c1-11-9-16-18(10-11)6-5-15-12-7-13-3-4-14(8-12)17(13)2/h9-10,12-15H,3-8H2,1-2H3. The van der Waals surface area contributed by atoms with E-state index in [0.29, 0.717) is 0 Å². The lowest BCUT2D eigenvalue weighted by atomic mass is 9.98. The van der Waals surface area contributed by atoms with Crippen molar-refractivity contribution < 1.29 is 0 Å². The Balaban J connectivity index is 1.44. The quantitative estimate of drug-likeness (QED) is 0.874. The average Bonchev–Trinajstić information content (AvgIpc) is 2.82. The molecule has 4 nitrogen and oxygen atoms in total. The number of aromatic nitrogens is 2. The van der Waals surface area contributed by atoms with Crippen molar-refractivity contribution in [3.05, 3.63) is 18.0 Å². The Morgan fingerprint density at radius 2 is 2.06 bits per heavy atom. The number of rotatable bonds is 4. The van der Waals surface area contributed by atoms with Crippen molar-refractivity contribution in [2.24, 2.45) is 0 Å². The van der Waals surface area contributed by atoms with Gasteiger partial charge in [-0.3, -0.25) is 4.68 Å². The van der Waals surface area contributed by atoms with Crippen LogP contribution in [-0.2, 0) is 6.54 Å². The van der Waals surface area contributed by atoms with Crippen LogP contribution in [0.2, 0.25) is 0 Å². The zero-order chi connectivity index (χ0) is 12.5. The molecule has 2 bridgehead atoms. The molecule has 4 heteroatoms. The fourth-order valence-corrected chi connectivity index (χ4v) is 3.55. The zero-order valence-corrected chi connectivity index (χ0v) is 11.5. The summed E-state index contributed by atoms with van der Waals surface area (Å²) in [5.41, 5.74) is 1.24. The smallest absolute Gasteiger partial charge is 0.0534 e. The van der Waals surface area contributed by atoms with Crippen molar-refractivity contribution in [1.29, 1.82) is 0 Å². The average molecular weight is 248 g/mol. The maximum atomic E-state index is 4.32. The lowest BCUT2D eigenvalue weighted by molar-refractivity contribution is 0.148. The molecule has 0 spiro atoms. The van der Waals surface area contributed by atoms with Gasteiger partial charge in [-0.25, -0.2) is 0 Å². The van der Waals surface area contributed by atoms with E-state index in [9.17, 15) is 0 Å². The molecule has 18 heavy (non-hydrogen) atoms. The Kier molecular flexibility index (Phi) is 3.39. The molecule has 0 aliphatic carbocycles.